The largest absolute Gasteiger partial charge is 0.278 e. The Bertz CT molecular complexity index is 226. The molecule has 0 radical (unpaired) electrons. The van der Waals surface area contributed by atoms with Crippen molar-refractivity contribution in [1.82, 2.24) is 10.4 Å². The van der Waals surface area contributed by atoms with Crippen molar-refractivity contribution in [3.05, 3.63) is 0 Å². The minimum absolute atomic E-state index is 0.0460. The Morgan fingerprint density at radius 3 is 2.62 bits per heavy atom. The SMILES string of the molecule is O=C(C1CC1(Cl)Cl)N1CCCCN1. The smallest absolute Gasteiger partial charge is 0.242 e. The Morgan fingerprint density at radius 1 is 1.46 bits per heavy atom. The van der Waals surface area contributed by atoms with Gasteiger partial charge in [0.25, 0.3) is 0 Å². The molecule has 1 N–H and O–H groups in total. The van der Waals surface area contributed by atoms with Gasteiger partial charge in [-0.15, -0.1) is 23.2 Å². The standard InChI is InChI=1S/C8H12Cl2N2O/c9-8(10)5-6(8)7(13)12-4-2-1-3-11-12/h6,11H,1-5H2. The van der Waals surface area contributed by atoms with E-state index in [1.807, 2.05) is 0 Å². The maximum absolute atomic E-state index is 11.7. The van der Waals surface area contributed by atoms with Crippen LogP contribution < -0.4 is 5.43 Å². The van der Waals surface area contributed by atoms with Gasteiger partial charge in [-0.05, 0) is 19.3 Å². The molecular formula is C8H12Cl2N2O. The molecule has 5 heteroatoms. The molecule has 13 heavy (non-hydrogen) atoms. The van der Waals surface area contributed by atoms with Crippen LogP contribution in [0.2, 0.25) is 0 Å². The zero-order chi connectivity index (χ0) is 9.47. The summed E-state index contributed by atoms with van der Waals surface area (Å²) in [6.07, 6.45) is 2.78. The molecule has 1 saturated carbocycles. The number of hydrogen-bond acceptors (Lipinski definition) is 2. The quantitative estimate of drug-likeness (QED) is 0.679. The summed E-state index contributed by atoms with van der Waals surface area (Å²) in [6, 6.07) is 0. The lowest BCUT2D eigenvalue weighted by Gasteiger charge is -2.27. The summed E-state index contributed by atoms with van der Waals surface area (Å²) in [4.78, 5) is 11.7. The fourth-order valence-corrected chi connectivity index (χ4v) is 2.04. The van der Waals surface area contributed by atoms with Crippen LogP contribution in [0.4, 0.5) is 0 Å². The van der Waals surface area contributed by atoms with Crippen molar-refractivity contribution in [3.63, 3.8) is 0 Å². The molecule has 1 heterocycles. The maximum Gasteiger partial charge on any atom is 0.242 e. The number of halogens is 2. The topological polar surface area (TPSA) is 32.3 Å². The molecule has 1 amide bonds. The summed E-state index contributed by atoms with van der Waals surface area (Å²) in [5.41, 5.74) is 3.04. The van der Waals surface area contributed by atoms with Crippen LogP contribution in [0.5, 0.6) is 0 Å². The molecule has 0 aromatic heterocycles. The van der Waals surface area contributed by atoms with Crippen molar-refractivity contribution in [3.8, 4) is 0 Å². The van der Waals surface area contributed by atoms with Gasteiger partial charge >= 0.3 is 0 Å². The van der Waals surface area contributed by atoms with Crippen LogP contribution >= 0.6 is 23.2 Å². The molecule has 1 aliphatic heterocycles. The van der Waals surface area contributed by atoms with E-state index < -0.39 is 4.33 Å². The number of rotatable bonds is 1. The van der Waals surface area contributed by atoms with E-state index in [0.717, 1.165) is 25.9 Å². The Labute approximate surface area is 87.3 Å². The van der Waals surface area contributed by atoms with Crippen molar-refractivity contribution in [2.45, 2.75) is 23.6 Å². The molecule has 0 aromatic carbocycles. The molecule has 0 aromatic rings. The van der Waals surface area contributed by atoms with Gasteiger partial charge in [-0.3, -0.25) is 9.80 Å². The van der Waals surface area contributed by atoms with Crippen molar-refractivity contribution in [2.24, 2.45) is 5.92 Å². The molecule has 74 valence electrons. The highest BCUT2D eigenvalue weighted by atomic mass is 35.5. The Balaban J connectivity index is 1.90. The van der Waals surface area contributed by atoms with E-state index in [0.29, 0.717) is 6.42 Å². The lowest BCUT2D eigenvalue weighted by molar-refractivity contribution is -0.136. The first-order chi connectivity index (χ1) is 6.11. The van der Waals surface area contributed by atoms with Crippen molar-refractivity contribution < 1.29 is 4.79 Å². The van der Waals surface area contributed by atoms with Gasteiger partial charge in [-0.2, -0.15) is 0 Å². The summed E-state index contributed by atoms with van der Waals surface area (Å²) in [5, 5.41) is 1.65. The molecule has 2 rings (SSSR count). The van der Waals surface area contributed by atoms with Crippen LogP contribution in [0.1, 0.15) is 19.3 Å². The van der Waals surface area contributed by atoms with E-state index in [1.54, 1.807) is 5.01 Å². The minimum atomic E-state index is -0.795. The summed E-state index contributed by atoms with van der Waals surface area (Å²) in [7, 11) is 0. The average molecular weight is 223 g/mol. The number of carbonyl (C=O) groups is 1. The second-order valence-electron chi connectivity index (χ2n) is 3.62. The highest BCUT2D eigenvalue weighted by Crippen LogP contribution is 2.53. The second kappa shape index (κ2) is 3.30. The van der Waals surface area contributed by atoms with Gasteiger partial charge in [0.1, 0.15) is 4.33 Å². The minimum Gasteiger partial charge on any atom is -0.278 e. The number of hydrogen-bond donors (Lipinski definition) is 1. The van der Waals surface area contributed by atoms with E-state index in [1.165, 1.54) is 0 Å². The molecule has 1 aliphatic carbocycles. The highest BCUT2D eigenvalue weighted by Gasteiger charge is 2.57. The van der Waals surface area contributed by atoms with Gasteiger partial charge in [-0.25, -0.2) is 5.43 Å². The molecule has 1 atom stereocenters. The highest BCUT2D eigenvalue weighted by molar-refractivity contribution is 6.52. The maximum atomic E-state index is 11.7. The van der Waals surface area contributed by atoms with Gasteiger partial charge in [0, 0.05) is 13.1 Å². The lowest BCUT2D eigenvalue weighted by atomic mass is 10.2. The molecule has 1 unspecified atom stereocenters. The van der Waals surface area contributed by atoms with Crippen LogP contribution in [-0.4, -0.2) is 28.3 Å². The van der Waals surface area contributed by atoms with Gasteiger partial charge in [0.05, 0.1) is 5.92 Å². The van der Waals surface area contributed by atoms with Gasteiger partial charge in [0.15, 0.2) is 0 Å². The summed E-state index contributed by atoms with van der Waals surface area (Å²) < 4.78 is -0.795. The molecule has 2 aliphatic rings. The van der Waals surface area contributed by atoms with Crippen molar-refractivity contribution >= 4 is 29.1 Å². The monoisotopic (exact) mass is 222 g/mol. The average Bonchev–Trinajstić information content (AvgIpc) is 2.76. The first kappa shape index (κ1) is 9.56. The van der Waals surface area contributed by atoms with E-state index >= 15 is 0 Å². The second-order valence-corrected chi connectivity index (χ2v) is 5.17. The first-order valence-corrected chi connectivity index (χ1v) is 5.29. The van der Waals surface area contributed by atoms with Crippen LogP contribution in [0.25, 0.3) is 0 Å². The van der Waals surface area contributed by atoms with E-state index in [9.17, 15) is 4.79 Å². The lowest BCUT2D eigenvalue weighted by Crippen LogP contribution is -2.48. The summed E-state index contributed by atoms with van der Waals surface area (Å²) in [5.74, 6) is -0.147. The Hall–Kier alpha value is 0.01000. The normalized spacial score (nSPS) is 31.5. The van der Waals surface area contributed by atoms with Crippen molar-refractivity contribution in [1.29, 1.82) is 0 Å². The zero-order valence-electron chi connectivity index (χ0n) is 7.22. The number of nitrogens with zero attached hydrogens (tertiary/aromatic N) is 1. The predicted octanol–water partition coefficient (Wildman–Crippen LogP) is 1.31. The fourth-order valence-electron chi connectivity index (χ4n) is 1.55. The number of nitrogens with one attached hydrogen (secondary N) is 1. The number of amides is 1. The first-order valence-electron chi connectivity index (χ1n) is 4.54. The van der Waals surface area contributed by atoms with E-state index in [4.69, 9.17) is 23.2 Å². The fraction of sp³-hybridized carbons (Fsp3) is 0.875. The number of alkyl halides is 2. The molecule has 0 bridgehead atoms. The number of carbonyl (C=O) groups excluding carboxylic acids is 1. The van der Waals surface area contributed by atoms with Crippen molar-refractivity contribution in [2.75, 3.05) is 13.1 Å². The van der Waals surface area contributed by atoms with Crippen LogP contribution in [0.15, 0.2) is 0 Å². The van der Waals surface area contributed by atoms with Crippen LogP contribution in [0, 0.1) is 5.92 Å². The zero-order valence-corrected chi connectivity index (χ0v) is 8.74. The van der Waals surface area contributed by atoms with E-state index in [2.05, 4.69) is 5.43 Å². The Kier molecular flexibility index (Phi) is 2.43. The molecular weight excluding hydrogens is 211 g/mol. The van der Waals surface area contributed by atoms with Gasteiger partial charge in [-0.1, -0.05) is 0 Å². The number of hydrazine groups is 1. The molecule has 1 saturated heterocycles. The predicted molar refractivity (Wildman–Crippen MR) is 51.5 cm³/mol. The van der Waals surface area contributed by atoms with Gasteiger partial charge < -0.3 is 0 Å². The van der Waals surface area contributed by atoms with Crippen LogP contribution in [-0.2, 0) is 4.79 Å². The Morgan fingerprint density at radius 2 is 2.15 bits per heavy atom. The summed E-state index contributed by atoms with van der Waals surface area (Å²) >= 11 is 11.6. The summed E-state index contributed by atoms with van der Waals surface area (Å²) in [6.45, 7) is 1.65. The third-order valence-corrected chi connectivity index (χ3v) is 3.34. The molecule has 3 nitrogen and oxygen atoms in total. The third-order valence-electron chi connectivity index (χ3n) is 2.50. The molecule has 2 fully saturated rings. The van der Waals surface area contributed by atoms with Gasteiger partial charge in [0.2, 0.25) is 5.91 Å². The van der Waals surface area contributed by atoms with E-state index in [-0.39, 0.29) is 11.8 Å². The van der Waals surface area contributed by atoms with Crippen LogP contribution in [0.3, 0.4) is 0 Å². The molecule has 0 spiro atoms. The third kappa shape index (κ3) is 1.92.